The topological polar surface area (TPSA) is 51.2 Å². The van der Waals surface area contributed by atoms with Gasteiger partial charge < -0.3 is 10.1 Å². The lowest BCUT2D eigenvalue weighted by Crippen LogP contribution is -2.29. The average Bonchev–Trinajstić information content (AvgIpc) is 3.57. The van der Waals surface area contributed by atoms with Crippen molar-refractivity contribution in [3.8, 4) is 5.75 Å². The van der Waals surface area contributed by atoms with E-state index in [-0.39, 0.29) is 11.9 Å². The number of carbonyl (C=O) groups is 1. The number of carbonyl (C=O) groups excluding carboxylic acids is 1. The minimum Gasteiger partial charge on any atom is -0.489 e. The van der Waals surface area contributed by atoms with Crippen LogP contribution in [0.4, 0.5) is 0 Å². The first-order chi connectivity index (χ1) is 13.7. The second kappa shape index (κ2) is 8.26. The molecule has 2 aromatic carbocycles. The molecule has 1 aliphatic rings. The molecule has 28 heavy (non-hydrogen) atoms. The molecule has 142 valence electrons. The Morgan fingerprint density at radius 3 is 2.68 bits per heavy atom. The molecule has 4 nitrogen and oxygen atoms in total. The second-order valence-electron chi connectivity index (χ2n) is 7.38. The van der Waals surface area contributed by atoms with Gasteiger partial charge in [-0.3, -0.25) is 9.78 Å². The van der Waals surface area contributed by atoms with Crippen molar-refractivity contribution in [1.82, 2.24) is 10.3 Å². The summed E-state index contributed by atoms with van der Waals surface area (Å²) < 4.78 is 5.83. The van der Waals surface area contributed by atoms with Crippen LogP contribution in [0.15, 0.2) is 73.1 Å². The number of hydrogen-bond donors (Lipinski definition) is 1. The van der Waals surface area contributed by atoms with E-state index in [1.165, 1.54) is 11.1 Å². The van der Waals surface area contributed by atoms with Gasteiger partial charge in [0.1, 0.15) is 12.4 Å². The molecule has 4 heteroatoms. The third-order valence-electron chi connectivity index (χ3n) is 5.04. The van der Waals surface area contributed by atoms with Crippen molar-refractivity contribution >= 4 is 5.91 Å². The van der Waals surface area contributed by atoms with Gasteiger partial charge in [-0.1, -0.05) is 42.0 Å². The summed E-state index contributed by atoms with van der Waals surface area (Å²) in [6, 6.07) is 19.7. The number of aromatic nitrogens is 1. The quantitative estimate of drug-likeness (QED) is 0.645. The number of benzene rings is 2. The van der Waals surface area contributed by atoms with Gasteiger partial charge in [0.05, 0.1) is 6.04 Å². The van der Waals surface area contributed by atoms with Crippen LogP contribution in [0.25, 0.3) is 0 Å². The van der Waals surface area contributed by atoms with E-state index in [9.17, 15) is 4.79 Å². The summed E-state index contributed by atoms with van der Waals surface area (Å²) in [7, 11) is 0. The smallest absolute Gasteiger partial charge is 0.251 e. The lowest BCUT2D eigenvalue weighted by Gasteiger charge is -2.19. The maximum Gasteiger partial charge on any atom is 0.251 e. The number of aryl methyl sites for hydroxylation is 1. The number of nitrogens with one attached hydrogen (secondary N) is 1. The molecule has 1 aliphatic carbocycles. The Balaban J connectivity index is 1.44. The minimum absolute atomic E-state index is 0.0630. The molecule has 1 fully saturated rings. The Morgan fingerprint density at radius 1 is 1.14 bits per heavy atom. The van der Waals surface area contributed by atoms with E-state index >= 15 is 0 Å². The zero-order valence-electron chi connectivity index (χ0n) is 16.0. The first-order valence-corrected chi connectivity index (χ1v) is 9.68. The van der Waals surface area contributed by atoms with Crippen LogP contribution in [0.5, 0.6) is 5.75 Å². The van der Waals surface area contributed by atoms with Crippen LogP contribution in [0.1, 0.15) is 45.9 Å². The summed E-state index contributed by atoms with van der Waals surface area (Å²) in [6.45, 7) is 2.50. The van der Waals surface area contributed by atoms with Gasteiger partial charge in [-0.15, -0.1) is 0 Å². The number of hydrogen-bond acceptors (Lipinski definition) is 3. The molecule has 1 unspecified atom stereocenters. The van der Waals surface area contributed by atoms with Crippen LogP contribution in [0, 0.1) is 12.8 Å². The molecule has 1 N–H and O–H groups in total. The fourth-order valence-electron chi connectivity index (χ4n) is 3.28. The molecular weight excluding hydrogens is 348 g/mol. The number of rotatable bonds is 7. The van der Waals surface area contributed by atoms with E-state index in [1.54, 1.807) is 18.5 Å². The van der Waals surface area contributed by atoms with Crippen LogP contribution >= 0.6 is 0 Å². The van der Waals surface area contributed by atoms with E-state index in [1.807, 2.05) is 30.3 Å². The molecular formula is C24H24N2O2. The molecule has 3 aromatic rings. The molecule has 0 spiro atoms. The van der Waals surface area contributed by atoms with Crippen molar-refractivity contribution < 1.29 is 9.53 Å². The molecule has 4 rings (SSSR count). The molecule has 0 saturated heterocycles. The Bertz CT molecular complexity index is 934. The fourth-order valence-corrected chi connectivity index (χ4v) is 3.28. The van der Waals surface area contributed by atoms with Crippen LogP contribution < -0.4 is 10.1 Å². The van der Waals surface area contributed by atoms with Crippen molar-refractivity contribution in [2.24, 2.45) is 5.92 Å². The summed E-state index contributed by atoms with van der Waals surface area (Å²) in [5.74, 6) is 1.13. The van der Waals surface area contributed by atoms with Gasteiger partial charge in [-0.25, -0.2) is 0 Å². The Morgan fingerprint density at radius 2 is 1.96 bits per heavy atom. The monoisotopic (exact) mass is 372 g/mol. The maximum absolute atomic E-state index is 12.9. The van der Waals surface area contributed by atoms with E-state index < -0.39 is 0 Å². The Hall–Kier alpha value is -3.14. The summed E-state index contributed by atoms with van der Waals surface area (Å²) in [6.07, 6.45) is 5.83. The highest BCUT2D eigenvalue weighted by atomic mass is 16.5. The average molecular weight is 372 g/mol. The van der Waals surface area contributed by atoms with Crippen molar-refractivity contribution in [2.75, 3.05) is 0 Å². The summed E-state index contributed by atoms with van der Waals surface area (Å²) in [5.41, 5.74) is 4.00. The van der Waals surface area contributed by atoms with Crippen molar-refractivity contribution in [1.29, 1.82) is 0 Å². The van der Waals surface area contributed by atoms with Crippen molar-refractivity contribution in [3.63, 3.8) is 0 Å². The summed E-state index contributed by atoms with van der Waals surface area (Å²) >= 11 is 0. The SMILES string of the molecule is Cc1ccc(C(NC(=O)c2cccc(OCc3cccnc3)c2)C2CC2)cc1. The van der Waals surface area contributed by atoms with Crippen LogP contribution in [0.2, 0.25) is 0 Å². The van der Waals surface area contributed by atoms with Gasteiger partial charge in [0.15, 0.2) is 0 Å². The molecule has 1 saturated carbocycles. The number of amides is 1. The highest BCUT2D eigenvalue weighted by Gasteiger charge is 2.33. The second-order valence-corrected chi connectivity index (χ2v) is 7.38. The molecule has 1 atom stereocenters. The Labute approximate surface area is 165 Å². The van der Waals surface area contributed by atoms with E-state index in [4.69, 9.17) is 4.74 Å². The predicted molar refractivity (Wildman–Crippen MR) is 109 cm³/mol. The third-order valence-corrected chi connectivity index (χ3v) is 5.04. The van der Waals surface area contributed by atoms with Crippen LogP contribution in [-0.4, -0.2) is 10.9 Å². The van der Waals surface area contributed by atoms with E-state index in [0.717, 1.165) is 18.4 Å². The molecule has 0 radical (unpaired) electrons. The normalized spacial score (nSPS) is 14.3. The Kier molecular flexibility index (Phi) is 5.38. The van der Waals surface area contributed by atoms with Crippen molar-refractivity contribution in [3.05, 3.63) is 95.3 Å². The van der Waals surface area contributed by atoms with Gasteiger partial charge in [0.25, 0.3) is 5.91 Å². The minimum atomic E-state index is -0.0655. The zero-order valence-corrected chi connectivity index (χ0v) is 16.0. The first-order valence-electron chi connectivity index (χ1n) is 9.68. The number of ether oxygens (including phenoxy) is 1. The highest BCUT2D eigenvalue weighted by Crippen LogP contribution is 2.41. The number of pyridine rings is 1. The fraction of sp³-hybridized carbons (Fsp3) is 0.250. The molecule has 0 bridgehead atoms. The lowest BCUT2D eigenvalue weighted by molar-refractivity contribution is 0.0931. The zero-order chi connectivity index (χ0) is 19.3. The molecule has 1 heterocycles. The molecule has 1 amide bonds. The lowest BCUT2D eigenvalue weighted by atomic mass is 10.0. The standard InChI is InChI=1S/C24H24N2O2/c1-17-7-9-19(10-8-17)23(20-11-12-20)26-24(27)21-5-2-6-22(14-21)28-16-18-4-3-13-25-15-18/h2-10,13-15,20,23H,11-12,16H2,1H3,(H,26,27). The van der Waals surface area contributed by atoms with E-state index in [0.29, 0.717) is 23.8 Å². The molecule has 1 aromatic heterocycles. The van der Waals surface area contributed by atoms with Gasteiger partial charge in [-0.05, 0) is 55.5 Å². The van der Waals surface area contributed by atoms with Crippen molar-refractivity contribution in [2.45, 2.75) is 32.4 Å². The van der Waals surface area contributed by atoms with Crippen LogP contribution in [0.3, 0.4) is 0 Å². The third kappa shape index (κ3) is 4.58. The maximum atomic E-state index is 12.9. The van der Waals surface area contributed by atoms with E-state index in [2.05, 4.69) is 41.5 Å². The van der Waals surface area contributed by atoms with Gasteiger partial charge >= 0.3 is 0 Å². The summed E-state index contributed by atoms with van der Waals surface area (Å²) in [4.78, 5) is 17.0. The molecule has 0 aliphatic heterocycles. The largest absolute Gasteiger partial charge is 0.489 e. The summed E-state index contributed by atoms with van der Waals surface area (Å²) in [5, 5.41) is 3.23. The number of nitrogens with zero attached hydrogens (tertiary/aromatic N) is 1. The van der Waals surface area contributed by atoms with Gasteiger partial charge in [-0.2, -0.15) is 0 Å². The van der Waals surface area contributed by atoms with Crippen LogP contribution in [-0.2, 0) is 6.61 Å². The highest BCUT2D eigenvalue weighted by molar-refractivity contribution is 5.94. The van der Waals surface area contributed by atoms with Gasteiger partial charge in [0, 0.05) is 23.5 Å². The van der Waals surface area contributed by atoms with Gasteiger partial charge in [0.2, 0.25) is 0 Å². The first kappa shape index (κ1) is 18.2. The predicted octanol–water partition coefficient (Wildman–Crippen LogP) is 4.85.